The van der Waals surface area contributed by atoms with Crippen LogP contribution in [0.2, 0.25) is 0 Å². The first-order valence-corrected chi connectivity index (χ1v) is 11.2. The zero-order valence-electron chi connectivity index (χ0n) is 16.5. The molecular formula is C23H22IN3O3. The molecule has 3 heterocycles. The molecule has 1 unspecified atom stereocenters. The number of hydrogen-bond donors (Lipinski definition) is 0. The van der Waals surface area contributed by atoms with Gasteiger partial charge in [-0.15, -0.1) is 0 Å². The average Bonchev–Trinajstić information content (AvgIpc) is 3.52. The Morgan fingerprint density at radius 1 is 1.20 bits per heavy atom. The average molecular weight is 515 g/mol. The number of rotatable bonds is 6. The van der Waals surface area contributed by atoms with E-state index in [9.17, 15) is 4.79 Å². The van der Waals surface area contributed by atoms with Gasteiger partial charge in [-0.1, -0.05) is 12.1 Å². The fourth-order valence-electron chi connectivity index (χ4n) is 4.01. The Morgan fingerprint density at radius 3 is 2.80 bits per heavy atom. The molecule has 1 atom stereocenters. The Labute approximate surface area is 188 Å². The second kappa shape index (κ2) is 8.39. The molecule has 6 nitrogen and oxygen atoms in total. The predicted molar refractivity (Wildman–Crippen MR) is 121 cm³/mol. The molecule has 1 saturated heterocycles. The van der Waals surface area contributed by atoms with Crippen LogP contribution < -0.4 is 4.74 Å². The maximum Gasteiger partial charge on any atom is 0.258 e. The molecule has 0 radical (unpaired) electrons. The molecule has 0 aliphatic carbocycles. The minimum Gasteiger partial charge on any atom is -0.490 e. The third-order valence-electron chi connectivity index (χ3n) is 5.59. The summed E-state index contributed by atoms with van der Waals surface area (Å²) in [5.74, 6) is 0.699. The van der Waals surface area contributed by atoms with E-state index in [1.165, 1.54) is 0 Å². The minimum absolute atomic E-state index is 0.0296. The Balaban J connectivity index is 1.32. The molecule has 0 spiro atoms. The summed E-state index contributed by atoms with van der Waals surface area (Å²) in [7, 11) is 0. The molecule has 0 bridgehead atoms. The van der Waals surface area contributed by atoms with Crippen LogP contribution >= 0.6 is 22.6 Å². The third kappa shape index (κ3) is 3.83. The first-order valence-electron chi connectivity index (χ1n) is 10.1. The molecule has 1 aromatic heterocycles. The Bertz CT molecular complexity index is 1040. The van der Waals surface area contributed by atoms with E-state index in [4.69, 9.17) is 9.47 Å². The van der Waals surface area contributed by atoms with Crippen LogP contribution in [0.3, 0.4) is 0 Å². The van der Waals surface area contributed by atoms with Crippen LogP contribution in [-0.4, -0.2) is 39.9 Å². The van der Waals surface area contributed by atoms with E-state index >= 15 is 0 Å². The number of hydrogen-bond acceptors (Lipinski definition) is 4. The molecule has 3 aromatic rings. The van der Waals surface area contributed by atoms with Crippen LogP contribution in [-0.2, 0) is 17.8 Å². The summed E-state index contributed by atoms with van der Waals surface area (Å²) in [5, 5.41) is 4.25. The minimum atomic E-state index is 0.0296. The van der Waals surface area contributed by atoms with Crippen molar-refractivity contribution < 1.29 is 14.3 Å². The van der Waals surface area contributed by atoms with Gasteiger partial charge in [-0.2, -0.15) is 5.10 Å². The van der Waals surface area contributed by atoms with Gasteiger partial charge < -0.3 is 14.4 Å². The summed E-state index contributed by atoms with van der Waals surface area (Å²) in [4.78, 5) is 15.1. The highest BCUT2D eigenvalue weighted by molar-refractivity contribution is 14.1. The Kier molecular flexibility index (Phi) is 5.47. The van der Waals surface area contributed by atoms with E-state index in [1.54, 1.807) is 6.20 Å². The van der Waals surface area contributed by atoms with Gasteiger partial charge in [0.15, 0.2) is 0 Å². The number of fused-ring (bicyclic) bond motifs is 1. The zero-order chi connectivity index (χ0) is 20.5. The summed E-state index contributed by atoms with van der Waals surface area (Å²) in [6, 6.07) is 14.0. The molecule has 2 aliphatic heterocycles. The molecule has 154 valence electrons. The van der Waals surface area contributed by atoms with Crippen LogP contribution in [0.4, 0.5) is 0 Å². The predicted octanol–water partition coefficient (Wildman–Crippen LogP) is 4.19. The molecule has 5 rings (SSSR count). The van der Waals surface area contributed by atoms with Gasteiger partial charge in [0.1, 0.15) is 12.4 Å². The number of carbonyl (C=O) groups excluding carboxylic acids is 1. The lowest BCUT2D eigenvalue weighted by atomic mass is 10.1. The van der Waals surface area contributed by atoms with Gasteiger partial charge in [0.05, 0.1) is 17.4 Å². The quantitative estimate of drug-likeness (QED) is 0.463. The van der Waals surface area contributed by atoms with Crippen molar-refractivity contribution in [3.8, 4) is 11.4 Å². The summed E-state index contributed by atoms with van der Waals surface area (Å²) >= 11 is 2.30. The summed E-state index contributed by atoms with van der Waals surface area (Å²) < 4.78 is 14.6. The van der Waals surface area contributed by atoms with Crippen LogP contribution in [0.15, 0.2) is 54.9 Å². The van der Waals surface area contributed by atoms with Gasteiger partial charge >= 0.3 is 0 Å². The number of benzene rings is 2. The van der Waals surface area contributed by atoms with Gasteiger partial charge in [0.2, 0.25) is 0 Å². The van der Waals surface area contributed by atoms with Crippen molar-refractivity contribution in [2.24, 2.45) is 0 Å². The molecule has 1 fully saturated rings. The lowest BCUT2D eigenvalue weighted by Gasteiger charge is -2.16. The monoisotopic (exact) mass is 515 g/mol. The highest BCUT2D eigenvalue weighted by atomic mass is 127. The summed E-state index contributed by atoms with van der Waals surface area (Å²) in [6.45, 7) is 2.46. The topological polar surface area (TPSA) is 56.6 Å². The highest BCUT2D eigenvalue weighted by Gasteiger charge is 2.33. The third-order valence-corrected chi connectivity index (χ3v) is 6.61. The largest absolute Gasteiger partial charge is 0.490 e. The summed E-state index contributed by atoms with van der Waals surface area (Å²) in [6.07, 6.45) is 5.89. The normalized spacial score (nSPS) is 18.1. The maximum absolute atomic E-state index is 13.2. The molecule has 2 aromatic carbocycles. The molecule has 0 N–H and O–H groups in total. The SMILES string of the molecule is O=C1c2c(OCC3CCCO3)ccc(I)c2CN1Cc1ccc(-n2cccn2)cc1. The Hall–Kier alpha value is -2.39. The van der Waals surface area contributed by atoms with Crippen molar-refractivity contribution in [1.29, 1.82) is 0 Å². The fraction of sp³-hybridized carbons (Fsp3) is 0.304. The van der Waals surface area contributed by atoms with E-state index in [-0.39, 0.29) is 12.0 Å². The first-order chi connectivity index (χ1) is 14.7. The van der Waals surface area contributed by atoms with Crippen molar-refractivity contribution in [2.75, 3.05) is 13.2 Å². The number of carbonyl (C=O) groups is 1. The van der Waals surface area contributed by atoms with Crippen molar-refractivity contribution in [3.05, 3.63) is 75.1 Å². The van der Waals surface area contributed by atoms with E-state index in [1.807, 2.05) is 58.2 Å². The van der Waals surface area contributed by atoms with Crippen molar-refractivity contribution in [2.45, 2.75) is 32.0 Å². The van der Waals surface area contributed by atoms with Crippen LogP contribution in [0.5, 0.6) is 5.75 Å². The molecule has 1 amide bonds. The lowest BCUT2D eigenvalue weighted by Crippen LogP contribution is -2.24. The van der Waals surface area contributed by atoms with Gasteiger partial charge in [-0.25, -0.2) is 4.68 Å². The summed E-state index contributed by atoms with van der Waals surface area (Å²) in [5.41, 5.74) is 3.84. The number of nitrogens with zero attached hydrogens (tertiary/aromatic N) is 3. The number of aromatic nitrogens is 2. The molecular weight excluding hydrogens is 493 g/mol. The van der Waals surface area contributed by atoms with Crippen LogP contribution in [0.1, 0.15) is 34.3 Å². The van der Waals surface area contributed by atoms with Crippen molar-refractivity contribution in [3.63, 3.8) is 0 Å². The van der Waals surface area contributed by atoms with Gasteiger partial charge in [0, 0.05) is 41.2 Å². The van der Waals surface area contributed by atoms with Gasteiger partial charge in [-0.05, 0) is 71.3 Å². The number of halogens is 1. The maximum atomic E-state index is 13.2. The van der Waals surface area contributed by atoms with E-state index in [0.29, 0.717) is 31.0 Å². The molecule has 0 saturated carbocycles. The number of amides is 1. The van der Waals surface area contributed by atoms with E-state index < -0.39 is 0 Å². The molecule has 30 heavy (non-hydrogen) atoms. The van der Waals surface area contributed by atoms with E-state index in [2.05, 4.69) is 27.7 Å². The lowest BCUT2D eigenvalue weighted by molar-refractivity contribution is 0.0659. The Morgan fingerprint density at radius 2 is 2.07 bits per heavy atom. The first kappa shape index (κ1) is 19.6. The highest BCUT2D eigenvalue weighted by Crippen LogP contribution is 2.35. The van der Waals surface area contributed by atoms with Crippen LogP contribution in [0, 0.1) is 3.57 Å². The molecule has 2 aliphatic rings. The van der Waals surface area contributed by atoms with Gasteiger partial charge in [0.25, 0.3) is 5.91 Å². The molecule has 7 heteroatoms. The second-order valence-electron chi connectivity index (χ2n) is 7.62. The fourth-order valence-corrected chi connectivity index (χ4v) is 4.63. The van der Waals surface area contributed by atoms with Crippen molar-refractivity contribution in [1.82, 2.24) is 14.7 Å². The van der Waals surface area contributed by atoms with E-state index in [0.717, 1.165) is 39.8 Å². The van der Waals surface area contributed by atoms with Gasteiger partial charge in [-0.3, -0.25) is 4.79 Å². The zero-order valence-corrected chi connectivity index (χ0v) is 18.6. The van der Waals surface area contributed by atoms with Crippen molar-refractivity contribution >= 4 is 28.5 Å². The van der Waals surface area contributed by atoms with Crippen LogP contribution in [0.25, 0.3) is 5.69 Å². The smallest absolute Gasteiger partial charge is 0.258 e. The number of ether oxygens (including phenoxy) is 2. The standard InChI is InChI=1S/C23H22IN3O3/c24-20-8-9-21(30-15-18-3-1-12-29-18)22-19(20)14-26(23(22)28)13-16-4-6-17(7-5-16)27-11-2-10-25-27/h2,4-11,18H,1,3,12-15H2. The second-order valence-corrected chi connectivity index (χ2v) is 8.79.